The fraction of sp³-hybridized carbons (Fsp3) is 0.100. The number of fused-ring (bicyclic) bond motifs is 1. The number of aromatic amines is 1. The SMILES string of the molecule is COc1ccc2[nH]cc(C(=O)C(C#N)=Cc3ccccc3C)c2c1. The van der Waals surface area contributed by atoms with E-state index in [-0.39, 0.29) is 11.4 Å². The molecule has 0 amide bonds. The van der Waals surface area contributed by atoms with Crippen molar-refractivity contribution in [2.75, 3.05) is 7.11 Å². The van der Waals surface area contributed by atoms with Crippen LogP contribution in [0.5, 0.6) is 5.75 Å². The number of Topliss-reactive ketones (excluding diaryl/α,β-unsaturated/α-hetero) is 1. The highest BCUT2D eigenvalue weighted by Gasteiger charge is 2.17. The summed E-state index contributed by atoms with van der Waals surface area (Å²) < 4.78 is 5.22. The monoisotopic (exact) mass is 316 g/mol. The van der Waals surface area contributed by atoms with Gasteiger partial charge in [-0.2, -0.15) is 5.26 Å². The number of nitrogens with zero attached hydrogens (tertiary/aromatic N) is 1. The normalized spacial score (nSPS) is 11.3. The molecule has 0 fully saturated rings. The number of nitrogens with one attached hydrogen (secondary N) is 1. The van der Waals surface area contributed by atoms with Crippen LogP contribution in [-0.2, 0) is 0 Å². The number of methoxy groups -OCH3 is 1. The van der Waals surface area contributed by atoms with E-state index in [9.17, 15) is 10.1 Å². The summed E-state index contributed by atoms with van der Waals surface area (Å²) in [5, 5.41) is 10.2. The van der Waals surface area contributed by atoms with E-state index in [1.165, 1.54) is 0 Å². The Balaban J connectivity index is 2.07. The van der Waals surface area contributed by atoms with E-state index in [1.54, 1.807) is 25.4 Å². The minimum atomic E-state index is -0.305. The zero-order valence-electron chi connectivity index (χ0n) is 13.5. The fourth-order valence-corrected chi connectivity index (χ4v) is 2.61. The summed E-state index contributed by atoms with van der Waals surface area (Å²) in [4.78, 5) is 15.9. The molecule has 0 aliphatic heterocycles. The summed E-state index contributed by atoms with van der Waals surface area (Å²) >= 11 is 0. The number of rotatable bonds is 4. The van der Waals surface area contributed by atoms with E-state index in [1.807, 2.05) is 49.4 Å². The Morgan fingerprint density at radius 3 is 2.75 bits per heavy atom. The molecule has 3 aromatic rings. The molecule has 0 bridgehead atoms. The molecular formula is C20H16N2O2. The minimum absolute atomic E-state index is 0.105. The molecule has 4 nitrogen and oxygen atoms in total. The number of allylic oxidation sites excluding steroid dienone is 1. The van der Waals surface area contributed by atoms with Crippen LogP contribution in [0.3, 0.4) is 0 Å². The molecule has 24 heavy (non-hydrogen) atoms. The third-order valence-electron chi connectivity index (χ3n) is 3.99. The molecule has 4 heteroatoms. The lowest BCUT2D eigenvalue weighted by atomic mass is 9.99. The zero-order chi connectivity index (χ0) is 17.1. The van der Waals surface area contributed by atoms with E-state index in [2.05, 4.69) is 4.98 Å². The lowest BCUT2D eigenvalue weighted by Gasteiger charge is -2.03. The average Bonchev–Trinajstić information content (AvgIpc) is 3.03. The van der Waals surface area contributed by atoms with Crippen LogP contribution in [0.25, 0.3) is 17.0 Å². The third kappa shape index (κ3) is 2.80. The first-order valence-electron chi connectivity index (χ1n) is 7.51. The Morgan fingerprint density at radius 1 is 1.25 bits per heavy atom. The van der Waals surface area contributed by atoms with Gasteiger partial charge in [0, 0.05) is 22.7 Å². The van der Waals surface area contributed by atoms with E-state index in [4.69, 9.17) is 4.74 Å². The molecule has 0 saturated carbocycles. The molecule has 1 N–H and O–H groups in total. The summed E-state index contributed by atoms with van der Waals surface area (Å²) in [5.74, 6) is 0.359. The van der Waals surface area contributed by atoms with Crippen LogP contribution in [0, 0.1) is 18.3 Å². The summed E-state index contributed by atoms with van der Waals surface area (Å²) in [6, 6.07) is 15.1. The van der Waals surface area contributed by atoms with Gasteiger partial charge in [-0.3, -0.25) is 4.79 Å². The van der Waals surface area contributed by atoms with Crippen molar-refractivity contribution in [3.8, 4) is 11.8 Å². The molecule has 2 aromatic carbocycles. The number of benzene rings is 2. The quantitative estimate of drug-likeness (QED) is 0.444. The van der Waals surface area contributed by atoms with E-state index < -0.39 is 0 Å². The molecule has 3 rings (SSSR count). The van der Waals surface area contributed by atoms with E-state index >= 15 is 0 Å². The van der Waals surface area contributed by atoms with Gasteiger partial charge in [0.25, 0.3) is 0 Å². The molecule has 118 valence electrons. The van der Waals surface area contributed by atoms with Gasteiger partial charge in [0.1, 0.15) is 17.4 Å². The van der Waals surface area contributed by atoms with Crippen molar-refractivity contribution in [3.63, 3.8) is 0 Å². The topological polar surface area (TPSA) is 65.9 Å². The fourth-order valence-electron chi connectivity index (χ4n) is 2.61. The molecule has 0 spiro atoms. The first kappa shape index (κ1) is 15.6. The first-order valence-corrected chi connectivity index (χ1v) is 7.51. The molecule has 1 heterocycles. The largest absolute Gasteiger partial charge is 0.497 e. The summed E-state index contributed by atoms with van der Waals surface area (Å²) in [6.07, 6.45) is 3.27. The smallest absolute Gasteiger partial charge is 0.205 e. The maximum Gasteiger partial charge on any atom is 0.205 e. The number of hydrogen-bond donors (Lipinski definition) is 1. The van der Waals surface area contributed by atoms with Gasteiger partial charge in [-0.1, -0.05) is 24.3 Å². The van der Waals surface area contributed by atoms with E-state index in [0.29, 0.717) is 11.3 Å². The standard InChI is InChI=1S/C20H16N2O2/c1-13-5-3-4-6-14(13)9-15(11-21)20(23)18-12-22-19-8-7-16(24-2)10-17(18)19/h3-10,12,22H,1-2H3. The van der Waals surface area contributed by atoms with Gasteiger partial charge >= 0.3 is 0 Å². The molecule has 0 radical (unpaired) electrons. The maximum absolute atomic E-state index is 12.8. The average molecular weight is 316 g/mol. The second-order valence-electron chi connectivity index (χ2n) is 5.47. The predicted molar refractivity (Wildman–Crippen MR) is 94.0 cm³/mol. The van der Waals surface area contributed by atoms with Crippen LogP contribution in [0.1, 0.15) is 21.5 Å². The van der Waals surface area contributed by atoms with Crippen LogP contribution in [0.2, 0.25) is 0 Å². The molecule has 0 unspecified atom stereocenters. The molecule has 1 aromatic heterocycles. The number of aromatic nitrogens is 1. The van der Waals surface area contributed by atoms with Crippen LogP contribution in [-0.4, -0.2) is 17.9 Å². The maximum atomic E-state index is 12.8. The Hall–Kier alpha value is -3.32. The van der Waals surface area contributed by atoms with Crippen molar-refractivity contribution in [1.29, 1.82) is 5.26 Å². The van der Waals surface area contributed by atoms with Crippen LogP contribution < -0.4 is 4.74 Å². The Labute approximate surface area is 140 Å². The molecule has 0 saturated heterocycles. The van der Waals surface area contributed by atoms with Crippen molar-refractivity contribution in [2.24, 2.45) is 0 Å². The highest BCUT2D eigenvalue weighted by molar-refractivity contribution is 6.20. The number of hydrogen-bond acceptors (Lipinski definition) is 3. The third-order valence-corrected chi connectivity index (χ3v) is 3.99. The second-order valence-corrected chi connectivity index (χ2v) is 5.47. The first-order chi connectivity index (χ1) is 11.6. The Kier molecular flexibility index (Phi) is 4.17. The number of ketones is 1. The van der Waals surface area contributed by atoms with Crippen molar-refractivity contribution in [3.05, 3.63) is 70.9 Å². The molecule has 0 aliphatic carbocycles. The molecule has 0 aliphatic rings. The van der Waals surface area contributed by atoms with Crippen molar-refractivity contribution in [1.82, 2.24) is 4.98 Å². The number of carbonyl (C=O) groups excluding carboxylic acids is 1. The zero-order valence-corrected chi connectivity index (χ0v) is 13.5. The van der Waals surface area contributed by atoms with Gasteiger partial charge in [-0.15, -0.1) is 0 Å². The van der Waals surface area contributed by atoms with E-state index in [0.717, 1.165) is 22.0 Å². The number of aryl methyl sites for hydroxylation is 1. The highest BCUT2D eigenvalue weighted by Crippen LogP contribution is 2.26. The lowest BCUT2D eigenvalue weighted by molar-refractivity contribution is 0.104. The van der Waals surface area contributed by atoms with Gasteiger partial charge in [0.2, 0.25) is 5.78 Å². The van der Waals surface area contributed by atoms with Gasteiger partial charge in [-0.25, -0.2) is 0 Å². The second kappa shape index (κ2) is 6.43. The minimum Gasteiger partial charge on any atom is -0.497 e. The number of carbonyl (C=O) groups is 1. The Morgan fingerprint density at radius 2 is 2.04 bits per heavy atom. The predicted octanol–water partition coefficient (Wildman–Crippen LogP) is 4.27. The number of H-pyrrole nitrogens is 1. The van der Waals surface area contributed by atoms with Gasteiger partial charge in [0.15, 0.2) is 0 Å². The van der Waals surface area contributed by atoms with Gasteiger partial charge < -0.3 is 9.72 Å². The van der Waals surface area contributed by atoms with Gasteiger partial charge in [-0.05, 0) is 42.3 Å². The van der Waals surface area contributed by atoms with Crippen LogP contribution >= 0.6 is 0 Å². The molecule has 0 atom stereocenters. The lowest BCUT2D eigenvalue weighted by Crippen LogP contribution is -2.01. The van der Waals surface area contributed by atoms with Crippen molar-refractivity contribution >= 4 is 22.8 Å². The van der Waals surface area contributed by atoms with Crippen molar-refractivity contribution < 1.29 is 9.53 Å². The molecular weight excluding hydrogens is 300 g/mol. The van der Waals surface area contributed by atoms with Crippen molar-refractivity contribution in [2.45, 2.75) is 6.92 Å². The summed E-state index contributed by atoms with van der Waals surface area (Å²) in [5.41, 5.74) is 3.27. The highest BCUT2D eigenvalue weighted by atomic mass is 16.5. The summed E-state index contributed by atoms with van der Waals surface area (Å²) in [6.45, 7) is 1.95. The van der Waals surface area contributed by atoms with Gasteiger partial charge in [0.05, 0.1) is 7.11 Å². The number of ether oxygens (including phenoxy) is 1. The van der Waals surface area contributed by atoms with Crippen LogP contribution in [0.4, 0.5) is 0 Å². The Bertz CT molecular complexity index is 990. The van der Waals surface area contributed by atoms with Crippen LogP contribution in [0.15, 0.2) is 54.2 Å². The summed E-state index contributed by atoms with van der Waals surface area (Å²) in [7, 11) is 1.58. The number of nitriles is 1.